The van der Waals surface area contributed by atoms with Crippen molar-refractivity contribution in [1.29, 1.82) is 0 Å². The van der Waals surface area contributed by atoms with Crippen LogP contribution in [0.15, 0.2) is 0 Å². The summed E-state index contributed by atoms with van der Waals surface area (Å²) in [7, 11) is 0. The molecule has 1 fully saturated rings. The lowest BCUT2D eigenvalue weighted by Gasteiger charge is -2.42. The van der Waals surface area contributed by atoms with Crippen molar-refractivity contribution in [2.45, 2.75) is 89.4 Å². The van der Waals surface area contributed by atoms with Gasteiger partial charge in [0.15, 0.2) is 6.29 Å². The maximum Gasteiger partial charge on any atom is 0.305 e. The van der Waals surface area contributed by atoms with Crippen LogP contribution in [0.3, 0.4) is 0 Å². The fraction of sp³-hybridized carbons (Fsp3) is 0.895. The van der Waals surface area contributed by atoms with Crippen LogP contribution in [0.1, 0.15) is 58.8 Å². The molecule has 0 bridgehead atoms. The fourth-order valence-electron chi connectivity index (χ4n) is 3.12. The summed E-state index contributed by atoms with van der Waals surface area (Å²) >= 11 is 0. The SMILES string of the molecule is CCOC(=O)CCCCCCCCOC1O[C@H](CO)[C@@H](O)[C@H](O)[C@H]1NC(C)=O. The zero-order chi connectivity index (χ0) is 20.9. The lowest BCUT2D eigenvalue weighted by molar-refractivity contribution is -0.270. The number of ether oxygens (including phenoxy) is 3. The minimum absolute atomic E-state index is 0.148. The van der Waals surface area contributed by atoms with E-state index in [-0.39, 0.29) is 11.9 Å². The van der Waals surface area contributed by atoms with Gasteiger partial charge in [-0.25, -0.2) is 0 Å². The first kappa shape index (κ1) is 24.8. The number of carbonyl (C=O) groups is 2. The van der Waals surface area contributed by atoms with Gasteiger partial charge >= 0.3 is 5.97 Å². The van der Waals surface area contributed by atoms with Gasteiger partial charge in [-0.15, -0.1) is 0 Å². The molecule has 1 saturated heterocycles. The Kier molecular flexibility index (Phi) is 12.2. The van der Waals surface area contributed by atoms with E-state index in [2.05, 4.69) is 5.32 Å². The van der Waals surface area contributed by atoms with Crippen molar-refractivity contribution in [2.75, 3.05) is 19.8 Å². The Hall–Kier alpha value is -1.26. The molecule has 4 N–H and O–H groups in total. The molecule has 0 aromatic heterocycles. The van der Waals surface area contributed by atoms with Gasteiger partial charge in [0.05, 0.1) is 13.2 Å². The minimum Gasteiger partial charge on any atom is -0.466 e. The summed E-state index contributed by atoms with van der Waals surface area (Å²) in [5.41, 5.74) is 0. The molecule has 0 aromatic rings. The Morgan fingerprint density at radius 2 is 1.68 bits per heavy atom. The van der Waals surface area contributed by atoms with Crippen LogP contribution >= 0.6 is 0 Å². The van der Waals surface area contributed by atoms with Gasteiger partial charge in [-0.05, 0) is 19.8 Å². The average molecular weight is 405 g/mol. The molecule has 0 aliphatic carbocycles. The first-order chi connectivity index (χ1) is 13.4. The normalized spacial score (nSPS) is 27.4. The number of hydrogen-bond donors (Lipinski definition) is 4. The molecule has 9 heteroatoms. The van der Waals surface area contributed by atoms with Crippen molar-refractivity contribution in [1.82, 2.24) is 5.32 Å². The minimum atomic E-state index is -1.31. The smallest absolute Gasteiger partial charge is 0.305 e. The largest absolute Gasteiger partial charge is 0.466 e. The lowest BCUT2D eigenvalue weighted by atomic mass is 9.97. The summed E-state index contributed by atoms with van der Waals surface area (Å²) in [5.74, 6) is -0.524. The Bertz CT molecular complexity index is 461. The van der Waals surface area contributed by atoms with Crippen LogP contribution in [0, 0.1) is 0 Å². The van der Waals surface area contributed by atoms with E-state index in [0.29, 0.717) is 19.6 Å². The van der Waals surface area contributed by atoms with Gasteiger partial charge < -0.3 is 34.8 Å². The van der Waals surface area contributed by atoms with Crippen molar-refractivity contribution in [3.63, 3.8) is 0 Å². The molecule has 1 heterocycles. The van der Waals surface area contributed by atoms with E-state index in [1.807, 2.05) is 0 Å². The monoisotopic (exact) mass is 405 g/mol. The Labute approximate surface area is 166 Å². The van der Waals surface area contributed by atoms with Gasteiger partial charge in [-0.1, -0.05) is 25.7 Å². The predicted octanol–water partition coefficient (Wildman–Crippen LogP) is 0.241. The molecule has 0 aromatic carbocycles. The molecule has 164 valence electrons. The van der Waals surface area contributed by atoms with E-state index >= 15 is 0 Å². The molecule has 5 atom stereocenters. The van der Waals surface area contributed by atoms with E-state index in [0.717, 1.165) is 38.5 Å². The summed E-state index contributed by atoms with van der Waals surface area (Å²) in [6.07, 6.45) is 1.48. The van der Waals surface area contributed by atoms with E-state index in [1.54, 1.807) is 6.92 Å². The van der Waals surface area contributed by atoms with Crippen LogP contribution in [0.4, 0.5) is 0 Å². The molecule has 1 aliphatic rings. The van der Waals surface area contributed by atoms with Crippen LogP contribution in [0.5, 0.6) is 0 Å². The Morgan fingerprint density at radius 1 is 1.04 bits per heavy atom. The Balaban J connectivity index is 2.24. The highest BCUT2D eigenvalue weighted by molar-refractivity contribution is 5.73. The van der Waals surface area contributed by atoms with E-state index in [4.69, 9.17) is 14.2 Å². The molecule has 28 heavy (non-hydrogen) atoms. The highest BCUT2D eigenvalue weighted by Gasteiger charge is 2.45. The third-order valence-corrected chi connectivity index (χ3v) is 4.61. The van der Waals surface area contributed by atoms with E-state index < -0.39 is 37.3 Å². The average Bonchev–Trinajstić information content (AvgIpc) is 2.65. The second-order valence-electron chi connectivity index (χ2n) is 6.98. The molecule has 0 saturated carbocycles. The number of esters is 1. The molecule has 0 radical (unpaired) electrons. The molecule has 1 unspecified atom stereocenters. The predicted molar refractivity (Wildman–Crippen MR) is 100 cm³/mol. The summed E-state index contributed by atoms with van der Waals surface area (Å²) in [6, 6.07) is -0.904. The van der Waals surface area contributed by atoms with Crippen molar-refractivity contribution in [3.05, 3.63) is 0 Å². The summed E-state index contributed by atoms with van der Waals surface area (Å²) < 4.78 is 16.0. The third kappa shape index (κ3) is 8.83. The van der Waals surface area contributed by atoms with Crippen molar-refractivity contribution < 1.29 is 39.1 Å². The van der Waals surface area contributed by atoms with Gasteiger partial charge in [-0.3, -0.25) is 9.59 Å². The van der Waals surface area contributed by atoms with Gasteiger partial charge in [0.1, 0.15) is 24.4 Å². The number of carbonyl (C=O) groups excluding carboxylic acids is 2. The van der Waals surface area contributed by atoms with E-state index in [1.165, 1.54) is 6.92 Å². The first-order valence-corrected chi connectivity index (χ1v) is 10.1. The number of unbranched alkanes of at least 4 members (excludes halogenated alkanes) is 5. The summed E-state index contributed by atoms with van der Waals surface area (Å²) in [6.45, 7) is 3.42. The van der Waals surface area contributed by atoms with Crippen LogP contribution in [0.25, 0.3) is 0 Å². The van der Waals surface area contributed by atoms with Gasteiger partial charge in [0.25, 0.3) is 0 Å². The molecule has 1 aliphatic heterocycles. The lowest BCUT2D eigenvalue weighted by Crippen LogP contribution is -2.64. The zero-order valence-corrected chi connectivity index (χ0v) is 16.8. The van der Waals surface area contributed by atoms with Crippen LogP contribution in [-0.4, -0.2) is 77.7 Å². The summed E-state index contributed by atoms with van der Waals surface area (Å²) in [5, 5.41) is 31.9. The molecular weight excluding hydrogens is 370 g/mol. The standard InChI is InChI=1S/C19H35NO8/c1-3-26-15(23)10-8-6-4-5-7-9-11-27-19-16(20-13(2)22)18(25)17(24)14(12-21)28-19/h14,16-19,21,24-25H,3-12H2,1-2H3,(H,20,22)/t14-,16-,17-,18-,19?/m1/s1. The quantitative estimate of drug-likeness (QED) is 0.253. The maximum absolute atomic E-state index is 11.3. The molecular formula is C19H35NO8. The van der Waals surface area contributed by atoms with Crippen LogP contribution < -0.4 is 5.32 Å². The number of hydrogen-bond acceptors (Lipinski definition) is 8. The highest BCUT2D eigenvalue weighted by atomic mass is 16.7. The van der Waals surface area contributed by atoms with Gasteiger partial charge in [0, 0.05) is 20.0 Å². The molecule has 1 rings (SSSR count). The van der Waals surface area contributed by atoms with Crippen LogP contribution in [0.2, 0.25) is 0 Å². The molecule has 9 nitrogen and oxygen atoms in total. The molecule has 0 spiro atoms. The highest BCUT2D eigenvalue weighted by Crippen LogP contribution is 2.22. The maximum atomic E-state index is 11.3. The number of aliphatic hydroxyl groups excluding tert-OH is 3. The number of aliphatic hydroxyl groups is 3. The number of rotatable bonds is 13. The van der Waals surface area contributed by atoms with Crippen LogP contribution in [-0.2, 0) is 23.8 Å². The Morgan fingerprint density at radius 3 is 2.29 bits per heavy atom. The fourth-order valence-corrected chi connectivity index (χ4v) is 3.12. The van der Waals surface area contributed by atoms with Crippen molar-refractivity contribution in [3.8, 4) is 0 Å². The number of amides is 1. The second kappa shape index (κ2) is 13.8. The summed E-state index contributed by atoms with van der Waals surface area (Å²) in [4.78, 5) is 22.6. The van der Waals surface area contributed by atoms with Gasteiger partial charge in [-0.2, -0.15) is 0 Å². The zero-order valence-electron chi connectivity index (χ0n) is 16.8. The molecule has 1 amide bonds. The van der Waals surface area contributed by atoms with Gasteiger partial charge in [0.2, 0.25) is 5.91 Å². The van der Waals surface area contributed by atoms with E-state index in [9.17, 15) is 24.9 Å². The first-order valence-electron chi connectivity index (χ1n) is 10.1. The third-order valence-electron chi connectivity index (χ3n) is 4.61. The second-order valence-corrected chi connectivity index (χ2v) is 6.98. The van der Waals surface area contributed by atoms with Crippen molar-refractivity contribution >= 4 is 11.9 Å². The number of nitrogens with one attached hydrogen (secondary N) is 1. The topological polar surface area (TPSA) is 135 Å². The van der Waals surface area contributed by atoms with Crippen molar-refractivity contribution in [2.24, 2.45) is 0 Å².